The Morgan fingerprint density at radius 1 is 1.07 bits per heavy atom. The zero-order valence-corrected chi connectivity index (χ0v) is 16.1. The number of fused-ring (bicyclic) bond motifs is 1. The Morgan fingerprint density at radius 3 is 2.50 bits per heavy atom. The molecule has 2 aromatic carbocycles. The lowest BCUT2D eigenvalue weighted by Crippen LogP contribution is -2.09. The van der Waals surface area contributed by atoms with E-state index in [4.69, 9.17) is 28.9 Å². The van der Waals surface area contributed by atoms with Gasteiger partial charge in [-0.3, -0.25) is 0 Å². The summed E-state index contributed by atoms with van der Waals surface area (Å²) in [6.45, 7) is 1.76. The summed E-state index contributed by atoms with van der Waals surface area (Å²) >= 11 is 12.5. The monoisotopic (exact) mass is 419 g/mol. The third-order valence-corrected chi connectivity index (χ3v) is 5.17. The lowest BCUT2D eigenvalue weighted by atomic mass is 10.1. The maximum Gasteiger partial charge on any atom is 0.166 e. The van der Waals surface area contributed by atoms with Crippen molar-refractivity contribution >= 4 is 29.0 Å². The van der Waals surface area contributed by atoms with Gasteiger partial charge in [-0.25, -0.2) is 23.7 Å². The fourth-order valence-corrected chi connectivity index (χ4v) is 3.46. The minimum absolute atomic E-state index is 0.113. The van der Waals surface area contributed by atoms with Crippen LogP contribution in [-0.2, 0) is 6.54 Å². The molecule has 0 bridgehead atoms. The van der Waals surface area contributed by atoms with Gasteiger partial charge in [0.2, 0.25) is 0 Å². The van der Waals surface area contributed by atoms with E-state index in [1.807, 2.05) is 0 Å². The molecule has 9 heteroatoms. The number of hydrogen-bond acceptors (Lipinski definition) is 4. The molecular formula is C19H13Cl2F2N5. The van der Waals surface area contributed by atoms with Crippen LogP contribution < -0.4 is 5.73 Å². The van der Waals surface area contributed by atoms with Crippen molar-refractivity contribution in [1.29, 1.82) is 0 Å². The van der Waals surface area contributed by atoms with E-state index in [2.05, 4.69) is 15.0 Å². The van der Waals surface area contributed by atoms with Gasteiger partial charge in [0.25, 0.3) is 0 Å². The van der Waals surface area contributed by atoms with Gasteiger partial charge < -0.3 is 10.3 Å². The molecule has 28 heavy (non-hydrogen) atoms. The highest BCUT2D eigenvalue weighted by Crippen LogP contribution is 2.32. The summed E-state index contributed by atoms with van der Waals surface area (Å²) in [5.74, 6) is -1.03. The number of anilines is 1. The standard InChI is InChI=1S/C19H13Cl2F2N5/c1-9-10(5-6-14(22)15(9)23)18-26-16-17(24)25-8-28(19(16)27-18)7-11-12(20)3-2-4-13(11)21/h2-6,8H,7,24H2,1H3. The Hall–Kier alpha value is -2.77. The van der Waals surface area contributed by atoms with Crippen LogP contribution in [0, 0.1) is 18.6 Å². The second-order valence-corrected chi connectivity index (χ2v) is 7.03. The molecular weight excluding hydrogens is 407 g/mol. The number of nitrogens with two attached hydrogens (primary N) is 1. The van der Waals surface area contributed by atoms with Crippen molar-refractivity contribution in [3.05, 3.63) is 69.5 Å². The summed E-state index contributed by atoms with van der Waals surface area (Å²) in [7, 11) is 0. The number of benzene rings is 2. The van der Waals surface area contributed by atoms with Gasteiger partial charge in [0.1, 0.15) is 0 Å². The van der Waals surface area contributed by atoms with E-state index in [0.717, 1.165) is 6.07 Å². The van der Waals surface area contributed by atoms with Crippen LogP contribution in [-0.4, -0.2) is 19.5 Å². The highest BCUT2D eigenvalue weighted by Gasteiger charge is 2.22. The Labute approximate surface area is 169 Å². The quantitative estimate of drug-likeness (QED) is 0.508. The summed E-state index contributed by atoms with van der Waals surface area (Å²) in [5, 5.41) is 1.00. The molecule has 0 atom stereocenters. The molecule has 2 aromatic rings. The SMILES string of the molecule is Cc1c(-c2nc3c(N)ncn(Cc4c(Cl)cccc4Cl)c-3n2)ccc(F)c1F. The van der Waals surface area contributed by atoms with Crippen molar-refractivity contribution in [3.8, 4) is 22.9 Å². The molecule has 0 amide bonds. The number of imidazole rings is 1. The van der Waals surface area contributed by atoms with E-state index in [1.54, 1.807) is 22.8 Å². The number of hydrogen-bond donors (Lipinski definition) is 1. The molecule has 0 saturated carbocycles. The normalized spacial score (nSPS) is 11.3. The molecule has 2 N–H and O–H groups in total. The van der Waals surface area contributed by atoms with Gasteiger partial charge in [0.15, 0.2) is 34.8 Å². The molecule has 5 nitrogen and oxygen atoms in total. The van der Waals surface area contributed by atoms with E-state index >= 15 is 0 Å². The number of nitrogen functional groups attached to an aromatic ring is 1. The van der Waals surface area contributed by atoms with Crippen molar-refractivity contribution in [1.82, 2.24) is 19.5 Å². The molecule has 0 spiro atoms. The van der Waals surface area contributed by atoms with Gasteiger partial charge in [0.05, 0.1) is 12.9 Å². The summed E-state index contributed by atoms with van der Waals surface area (Å²) in [6, 6.07) is 7.69. The Morgan fingerprint density at radius 2 is 1.79 bits per heavy atom. The van der Waals surface area contributed by atoms with Gasteiger partial charge in [-0.2, -0.15) is 0 Å². The van der Waals surface area contributed by atoms with Crippen LogP contribution in [0.15, 0.2) is 36.7 Å². The van der Waals surface area contributed by atoms with Gasteiger partial charge >= 0.3 is 0 Å². The van der Waals surface area contributed by atoms with E-state index in [9.17, 15) is 8.78 Å². The Balaban J connectivity index is 1.86. The van der Waals surface area contributed by atoms with Crippen molar-refractivity contribution < 1.29 is 8.78 Å². The van der Waals surface area contributed by atoms with Crippen molar-refractivity contribution in [2.75, 3.05) is 5.73 Å². The third-order valence-electron chi connectivity index (χ3n) is 4.46. The fraction of sp³-hybridized carbons (Fsp3) is 0.105. The lowest BCUT2D eigenvalue weighted by molar-refractivity contribution is 0.503. The predicted octanol–water partition coefficient (Wildman–Crippen LogP) is 4.97. The first-order valence-electron chi connectivity index (χ1n) is 8.23. The third kappa shape index (κ3) is 3.06. The Kier molecular flexibility index (Phi) is 4.64. The molecule has 0 aliphatic carbocycles. The second kappa shape index (κ2) is 7.00. The molecule has 2 aliphatic rings. The highest BCUT2D eigenvalue weighted by molar-refractivity contribution is 6.36. The number of rotatable bonds is 3. The molecule has 4 rings (SSSR count). The maximum absolute atomic E-state index is 14.0. The van der Waals surface area contributed by atoms with Gasteiger partial charge in [-0.05, 0) is 36.8 Å². The summed E-state index contributed by atoms with van der Waals surface area (Å²) < 4.78 is 29.1. The Bertz CT molecular complexity index is 1160. The summed E-state index contributed by atoms with van der Waals surface area (Å²) in [5.41, 5.74) is 7.48. The minimum atomic E-state index is -0.937. The van der Waals surface area contributed by atoms with E-state index in [1.165, 1.54) is 19.3 Å². The van der Waals surface area contributed by atoms with E-state index in [-0.39, 0.29) is 23.8 Å². The summed E-state index contributed by atoms with van der Waals surface area (Å²) in [6.07, 6.45) is 1.51. The zero-order valence-electron chi connectivity index (χ0n) is 14.5. The number of aromatic nitrogens is 4. The van der Waals surface area contributed by atoms with Crippen LogP contribution in [0.4, 0.5) is 14.6 Å². The molecule has 142 valence electrons. The number of nitrogens with zero attached hydrogens (tertiary/aromatic N) is 4. The molecule has 2 aliphatic heterocycles. The maximum atomic E-state index is 14.0. The van der Waals surface area contributed by atoms with E-state index < -0.39 is 11.6 Å². The molecule has 0 radical (unpaired) electrons. The van der Waals surface area contributed by atoms with Crippen molar-refractivity contribution in [3.63, 3.8) is 0 Å². The smallest absolute Gasteiger partial charge is 0.166 e. The average Bonchev–Trinajstić information content (AvgIpc) is 3.11. The molecule has 0 saturated heterocycles. The van der Waals surface area contributed by atoms with Gasteiger partial charge in [-0.15, -0.1) is 0 Å². The van der Waals surface area contributed by atoms with Crippen LogP contribution in [0.3, 0.4) is 0 Å². The van der Waals surface area contributed by atoms with Crippen molar-refractivity contribution in [2.24, 2.45) is 0 Å². The van der Waals surface area contributed by atoms with Gasteiger partial charge in [-0.1, -0.05) is 29.3 Å². The largest absolute Gasteiger partial charge is 0.382 e. The van der Waals surface area contributed by atoms with Crippen LogP contribution in [0.5, 0.6) is 0 Å². The molecule has 0 aromatic heterocycles. The number of halogens is 4. The molecule has 0 fully saturated rings. The highest BCUT2D eigenvalue weighted by atomic mass is 35.5. The second-order valence-electron chi connectivity index (χ2n) is 6.21. The average molecular weight is 420 g/mol. The van der Waals surface area contributed by atoms with Crippen LogP contribution in [0.2, 0.25) is 10.0 Å². The lowest BCUT2D eigenvalue weighted by Gasteiger charge is -2.13. The van der Waals surface area contributed by atoms with Crippen LogP contribution >= 0.6 is 23.2 Å². The van der Waals surface area contributed by atoms with Crippen molar-refractivity contribution in [2.45, 2.75) is 13.5 Å². The minimum Gasteiger partial charge on any atom is -0.382 e. The first-order chi connectivity index (χ1) is 13.4. The topological polar surface area (TPSA) is 69.6 Å². The van der Waals surface area contributed by atoms with E-state index in [0.29, 0.717) is 32.7 Å². The predicted molar refractivity (Wildman–Crippen MR) is 105 cm³/mol. The fourth-order valence-electron chi connectivity index (χ4n) is 2.94. The van der Waals surface area contributed by atoms with Crippen LogP contribution in [0.25, 0.3) is 22.9 Å². The first kappa shape index (κ1) is 18.6. The molecule has 2 heterocycles. The zero-order chi connectivity index (χ0) is 20.0. The first-order valence-corrected chi connectivity index (χ1v) is 8.98. The summed E-state index contributed by atoms with van der Waals surface area (Å²) in [4.78, 5) is 13.0. The molecule has 0 unspecified atom stereocenters. The van der Waals surface area contributed by atoms with Gasteiger partial charge in [0, 0.05) is 21.2 Å². The van der Waals surface area contributed by atoms with Crippen LogP contribution in [0.1, 0.15) is 11.1 Å².